The molecule has 1 aliphatic heterocycles. The lowest BCUT2D eigenvalue weighted by Crippen LogP contribution is -2.35. The third-order valence-corrected chi connectivity index (χ3v) is 5.82. The Hall–Kier alpha value is -1.81. The minimum atomic E-state index is 0.274. The molecule has 4 nitrogen and oxygen atoms in total. The van der Waals surface area contributed by atoms with Gasteiger partial charge >= 0.3 is 0 Å². The number of carbonyl (C=O) groups excluding carboxylic acids is 1. The predicted molar refractivity (Wildman–Crippen MR) is 92.2 cm³/mol. The van der Waals surface area contributed by atoms with Crippen molar-refractivity contribution in [1.29, 1.82) is 0 Å². The van der Waals surface area contributed by atoms with Crippen molar-refractivity contribution in [3.63, 3.8) is 0 Å². The van der Waals surface area contributed by atoms with Crippen molar-refractivity contribution in [2.24, 2.45) is 11.3 Å². The van der Waals surface area contributed by atoms with E-state index in [1.54, 1.807) is 0 Å². The summed E-state index contributed by atoms with van der Waals surface area (Å²) >= 11 is 0. The molecule has 122 valence electrons. The molecule has 0 bridgehead atoms. The van der Waals surface area contributed by atoms with Gasteiger partial charge < -0.3 is 14.8 Å². The summed E-state index contributed by atoms with van der Waals surface area (Å²) < 4.78 is 2.24. The van der Waals surface area contributed by atoms with Crippen molar-refractivity contribution in [3.8, 4) is 0 Å². The highest BCUT2D eigenvalue weighted by Crippen LogP contribution is 2.59. The van der Waals surface area contributed by atoms with Gasteiger partial charge in [0.2, 0.25) is 5.91 Å². The van der Waals surface area contributed by atoms with Crippen LogP contribution in [0.15, 0.2) is 36.5 Å². The Kier molecular flexibility index (Phi) is 3.64. The van der Waals surface area contributed by atoms with E-state index in [0.29, 0.717) is 11.3 Å². The quantitative estimate of drug-likeness (QED) is 0.942. The van der Waals surface area contributed by atoms with Crippen molar-refractivity contribution in [2.45, 2.75) is 25.8 Å². The topological polar surface area (TPSA) is 37.3 Å². The van der Waals surface area contributed by atoms with E-state index in [9.17, 15) is 4.79 Å². The van der Waals surface area contributed by atoms with E-state index in [1.165, 1.54) is 23.7 Å². The maximum absolute atomic E-state index is 12.7. The summed E-state index contributed by atoms with van der Waals surface area (Å²) in [5.41, 5.74) is 1.58. The fraction of sp³-hybridized carbons (Fsp3) is 0.526. The first-order valence-electron chi connectivity index (χ1n) is 8.69. The van der Waals surface area contributed by atoms with Crippen LogP contribution >= 0.6 is 0 Å². The Balaban J connectivity index is 1.37. The maximum Gasteiger partial charge on any atom is 0.226 e. The summed E-state index contributed by atoms with van der Waals surface area (Å²) in [5.74, 6) is 0.624. The van der Waals surface area contributed by atoms with Crippen LogP contribution in [0, 0.1) is 11.3 Å². The molecule has 2 fully saturated rings. The van der Waals surface area contributed by atoms with Gasteiger partial charge in [-0.1, -0.05) is 18.2 Å². The van der Waals surface area contributed by atoms with Gasteiger partial charge in [0.1, 0.15) is 0 Å². The number of benzene rings is 1. The number of fused-ring (bicyclic) bond motifs is 1. The first-order chi connectivity index (χ1) is 11.2. The van der Waals surface area contributed by atoms with Crippen LogP contribution in [-0.4, -0.2) is 42.1 Å². The van der Waals surface area contributed by atoms with E-state index in [0.717, 1.165) is 32.6 Å². The zero-order valence-electron chi connectivity index (χ0n) is 13.8. The number of likely N-dealkylation sites (N-methyl/N-ethyl adjacent to an activating group) is 1. The fourth-order valence-electron chi connectivity index (χ4n) is 4.14. The van der Waals surface area contributed by atoms with Gasteiger partial charge in [0.05, 0.1) is 0 Å². The number of carbonyl (C=O) groups is 1. The van der Waals surface area contributed by atoms with Gasteiger partial charge in [-0.05, 0) is 55.3 Å². The molecule has 2 aliphatic rings. The van der Waals surface area contributed by atoms with Crippen LogP contribution in [0.3, 0.4) is 0 Å². The second kappa shape index (κ2) is 5.68. The van der Waals surface area contributed by atoms with Crippen LogP contribution in [0.1, 0.15) is 19.3 Å². The Morgan fingerprint density at radius 1 is 1.30 bits per heavy atom. The summed E-state index contributed by atoms with van der Waals surface area (Å²) in [6, 6.07) is 10.5. The van der Waals surface area contributed by atoms with Gasteiger partial charge in [-0.15, -0.1) is 0 Å². The SMILES string of the molecule is CN(CCn1ccc2ccccc21)C(=O)[C@@H]1CC12CCNCC2. The number of aromatic nitrogens is 1. The molecule has 0 unspecified atom stereocenters. The second-order valence-electron chi connectivity index (χ2n) is 7.20. The zero-order valence-corrected chi connectivity index (χ0v) is 13.8. The highest BCUT2D eigenvalue weighted by atomic mass is 16.2. The lowest BCUT2D eigenvalue weighted by Gasteiger charge is -2.25. The molecule has 4 heteroatoms. The van der Waals surface area contributed by atoms with E-state index in [2.05, 4.69) is 46.4 Å². The standard InChI is InChI=1S/C19H25N3O/c1-21(18(23)16-14-19(16)7-9-20-10-8-19)12-13-22-11-6-15-4-2-3-5-17(15)22/h2-6,11,16,20H,7-10,12-14H2,1H3/t16-/m0/s1. The monoisotopic (exact) mass is 311 g/mol. The first kappa shape index (κ1) is 14.8. The van der Waals surface area contributed by atoms with Crippen LogP contribution < -0.4 is 5.32 Å². The minimum absolute atomic E-state index is 0.274. The van der Waals surface area contributed by atoms with E-state index in [4.69, 9.17) is 0 Å². The predicted octanol–water partition coefficient (Wildman–Crippen LogP) is 2.49. The van der Waals surface area contributed by atoms with Crippen molar-refractivity contribution in [3.05, 3.63) is 36.5 Å². The van der Waals surface area contributed by atoms with Crippen molar-refractivity contribution in [1.82, 2.24) is 14.8 Å². The van der Waals surface area contributed by atoms with Crippen LogP contribution in [0.4, 0.5) is 0 Å². The number of rotatable bonds is 4. The lowest BCUT2D eigenvalue weighted by atomic mass is 9.91. The fourth-order valence-corrected chi connectivity index (χ4v) is 4.14. The Morgan fingerprint density at radius 2 is 2.09 bits per heavy atom. The van der Waals surface area contributed by atoms with Gasteiger partial charge in [-0.25, -0.2) is 0 Å². The smallest absolute Gasteiger partial charge is 0.226 e. The van der Waals surface area contributed by atoms with Crippen LogP contribution in [0.2, 0.25) is 0 Å². The van der Waals surface area contributed by atoms with Crippen LogP contribution in [-0.2, 0) is 11.3 Å². The van der Waals surface area contributed by atoms with Gasteiger partial charge in [0, 0.05) is 37.8 Å². The maximum atomic E-state index is 12.7. The van der Waals surface area contributed by atoms with Gasteiger partial charge in [0.25, 0.3) is 0 Å². The number of para-hydroxylation sites is 1. The van der Waals surface area contributed by atoms with E-state index >= 15 is 0 Å². The molecule has 1 atom stereocenters. The summed E-state index contributed by atoms with van der Waals surface area (Å²) in [5, 5.41) is 4.66. The normalized spacial score (nSPS) is 22.4. The molecule has 2 aromatic rings. The molecule has 1 aliphatic carbocycles. The molecule has 1 aromatic carbocycles. The Morgan fingerprint density at radius 3 is 2.91 bits per heavy atom. The highest BCUT2D eigenvalue weighted by Gasteiger charge is 2.58. The van der Waals surface area contributed by atoms with Gasteiger partial charge in [-0.2, -0.15) is 0 Å². The molecule has 23 heavy (non-hydrogen) atoms. The summed E-state index contributed by atoms with van der Waals surface area (Å²) in [4.78, 5) is 14.6. The highest BCUT2D eigenvalue weighted by molar-refractivity contribution is 5.82. The van der Waals surface area contributed by atoms with Crippen molar-refractivity contribution in [2.75, 3.05) is 26.7 Å². The van der Waals surface area contributed by atoms with Gasteiger partial charge in [-0.3, -0.25) is 4.79 Å². The van der Waals surface area contributed by atoms with Crippen LogP contribution in [0.25, 0.3) is 10.9 Å². The third-order valence-electron chi connectivity index (χ3n) is 5.82. The molecule has 1 saturated carbocycles. The average molecular weight is 311 g/mol. The van der Waals surface area contributed by atoms with Gasteiger partial charge in [0.15, 0.2) is 0 Å². The number of amides is 1. The van der Waals surface area contributed by atoms with Crippen molar-refractivity contribution < 1.29 is 4.79 Å². The Labute approximate surface area is 137 Å². The minimum Gasteiger partial charge on any atom is -0.346 e. The number of piperidine rings is 1. The summed E-state index contributed by atoms with van der Waals surface area (Å²) in [7, 11) is 1.96. The lowest BCUT2D eigenvalue weighted by molar-refractivity contribution is -0.132. The average Bonchev–Trinajstić information content (AvgIpc) is 3.11. The number of hydrogen-bond acceptors (Lipinski definition) is 2. The number of hydrogen-bond donors (Lipinski definition) is 1. The first-order valence-corrected chi connectivity index (χ1v) is 8.69. The number of nitrogens with one attached hydrogen (secondary N) is 1. The molecular formula is C19H25N3O. The Bertz CT molecular complexity index is 714. The summed E-state index contributed by atoms with van der Waals surface area (Å²) in [6.45, 7) is 3.78. The molecule has 1 N–H and O–H groups in total. The largest absolute Gasteiger partial charge is 0.346 e. The molecular weight excluding hydrogens is 286 g/mol. The number of nitrogens with zero attached hydrogens (tertiary/aromatic N) is 2. The molecule has 1 saturated heterocycles. The van der Waals surface area contributed by atoms with Crippen LogP contribution in [0.5, 0.6) is 0 Å². The van der Waals surface area contributed by atoms with E-state index < -0.39 is 0 Å². The molecule has 1 spiro atoms. The molecule has 1 aromatic heterocycles. The summed E-state index contributed by atoms with van der Waals surface area (Å²) in [6.07, 6.45) is 5.55. The van der Waals surface area contributed by atoms with E-state index in [1.807, 2.05) is 11.9 Å². The molecule has 1 amide bonds. The van der Waals surface area contributed by atoms with Crippen molar-refractivity contribution >= 4 is 16.8 Å². The molecule has 4 rings (SSSR count). The zero-order chi connectivity index (χ0) is 15.9. The second-order valence-corrected chi connectivity index (χ2v) is 7.20. The molecule has 0 radical (unpaired) electrons. The third kappa shape index (κ3) is 2.65. The van der Waals surface area contributed by atoms with E-state index in [-0.39, 0.29) is 5.92 Å². The molecule has 2 heterocycles.